The highest BCUT2D eigenvalue weighted by Crippen LogP contribution is 2.29. The molecule has 0 aliphatic rings. The standard InChI is InChI=1S/C17H15Cl3N4O3S/c1-10-5-7-12(8-6-10)21-16(28)23-15(17(18,19)20)22-14(25)11-3-2-4-13(9-11)24(26)27/h2-9,15H,1H3,(H,22,25)(H2,21,23,28)/t15-/m0/s1. The number of halogens is 3. The highest BCUT2D eigenvalue weighted by atomic mass is 35.6. The molecule has 1 amide bonds. The number of non-ortho nitro benzene ring substituents is 1. The second kappa shape index (κ2) is 9.38. The Morgan fingerprint density at radius 3 is 2.36 bits per heavy atom. The van der Waals surface area contributed by atoms with E-state index in [1.807, 2.05) is 31.2 Å². The molecule has 0 saturated heterocycles. The van der Waals surface area contributed by atoms with Gasteiger partial charge in [-0.1, -0.05) is 58.6 Å². The summed E-state index contributed by atoms with van der Waals surface area (Å²) in [6.07, 6.45) is -1.20. The number of benzene rings is 2. The van der Waals surface area contributed by atoms with E-state index >= 15 is 0 Å². The average molecular weight is 462 g/mol. The summed E-state index contributed by atoms with van der Waals surface area (Å²) in [5, 5.41) is 19.1. The molecule has 0 bridgehead atoms. The number of nitrogens with one attached hydrogen (secondary N) is 3. The number of carbonyl (C=O) groups is 1. The number of thiocarbonyl (C=S) groups is 1. The summed E-state index contributed by atoms with van der Waals surface area (Å²) in [6.45, 7) is 1.95. The molecular weight excluding hydrogens is 447 g/mol. The molecule has 2 aromatic carbocycles. The molecule has 0 saturated carbocycles. The highest BCUT2D eigenvalue weighted by molar-refractivity contribution is 7.80. The third kappa shape index (κ3) is 6.49. The van der Waals surface area contributed by atoms with Crippen molar-refractivity contribution in [2.45, 2.75) is 16.9 Å². The van der Waals surface area contributed by atoms with Crippen molar-refractivity contribution in [2.75, 3.05) is 5.32 Å². The van der Waals surface area contributed by atoms with E-state index in [0.717, 1.165) is 11.6 Å². The van der Waals surface area contributed by atoms with Crippen LogP contribution in [0.1, 0.15) is 15.9 Å². The Labute approximate surface area is 181 Å². The highest BCUT2D eigenvalue weighted by Gasteiger charge is 2.35. The third-order valence-electron chi connectivity index (χ3n) is 3.51. The normalized spacial score (nSPS) is 12.0. The van der Waals surface area contributed by atoms with E-state index < -0.39 is 20.8 Å². The Balaban J connectivity index is 2.10. The van der Waals surface area contributed by atoms with Crippen LogP contribution >= 0.6 is 47.0 Å². The fourth-order valence-corrected chi connectivity index (χ4v) is 2.67. The molecule has 0 aliphatic heterocycles. The molecule has 1 atom stereocenters. The Morgan fingerprint density at radius 2 is 1.79 bits per heavy atom. The van der Waals surface area contributed by atoms with E-state index in [1.165, 1.54) is 18.2 Å². The first-order chi connectivity index (χ1) is 13.1. The van der Waals surface area contributed by atoms with Gasteiger partial charge in [0.15, 0.2) is 5.11 Å². The van der Waals surface area contributed by atoms with E-state index in [1.54, 1.807) is 0 Å². The van der Waals surface area contributed by atoms with Crippen LogP contribution in [0.15, 0.2) is 48.5 Å². The molecule has 0 heterocycles. The summed E-state index contributed by atoms with van der Waals surface area (Å²) >= 11 is 23.0. The molecule has 0 unspecified atom stereocenters. The molecule has 0 spiro atoms. The van der Waals surface area contributed by atoms with Crippen molar-refractivity contribution in [3.05, 3.63) is 69.8 Å². The van der Waals surface area contributed by atoms with Crippen molar-refractivity contribution in [3.8, 4) is 0 Å². The van der Waals surface area contributed by atoms with E-state index in [2.05, 4.69) is 16.0 Å². The minimum absolute atomic E-state index is 0.0349. The smallest absolute Gasteiger partial charge is 0.270 e. The number of nitrogens with zero attached hydrogens (tertiary/aromatic N) is 1. The van der Waals surface area contributed by atoms with Crippen molar-refractivity contribution in [1.29, 1.82) is 0 Å². The van der Waals surface area contributed by atoms with E-state index in [0.29, 0.717) is 5.69 Å². The number of rotatable bonds is 5. The Morgan fingerprint density at radius 1 is 1.14 bits per heavy atom. The van der Waals surface area contributed by atoms with Gasteiger partial charge in [0.25, 0.3) is 11.6 Å². The summed E-state index contributed by atoms with van der Waals surface area (Å²) in [5.74, 6) is -0.675. The van der Waals surface area contributed by atoms with Gasteiger partial charge in [0.2, 0.25) is 3.79 Å². The zero-order chi connectivity index (χ0) is 20.9. The third-order valence-corrected chi connectivity index (χ3v) is 4.38. The molecule has 0 aromatic heterocycles. The lowest BCUT2D eigenvalue weighted by Gasteiger charge is -2.27. The molecule has 0 aliphatic carbocycles. The maximum absolute atomic E-state index is 12.4. The van der Waals surface area contributed by atoms with Crippen LogP contribution in [0, 0.1) is 17.0 Å². The molecule has 148 valence electrons. The van der Waals surface area contributed by atoms with Gasteiger partial charge in [0, 0.05) is 23.4 Å². The van der Waals surface area contributed by atoms with Crippen molar-refractivity contribution in [3.63, 3.8) is 0 Å². The van der Waals surface area contributed by atoms with Crippen LogP contribution in [0.25, 0.3) is 0 Å². The first-order valence-corrected chi connectivity index (χ1v) is 9.36. The van der Waals surface area contributed by atoms with Gasteiger partial charge in [-0.3, -0.25) is 14.9 Å². The number of carbonyl (C=O) groups excluding carboxylic acids is 1. The quantitative estimate of drug-likeness (QED) is 0.202. The summed E-state index contributed by atoms with van der Waals surface area (Å²) < 4.78 is -1.95. The minimum Gasteiger partial charge on any atom is -0.339 e. The summed E-state index contributed by atoms with van der Waals surface area (Å²) in [5.41, 5.74) is 1.58. The lowest BCUT2D eigenvalue weighted by atomic mass is 10.2. The van der Waals surface area contributed by atoms with Crippen LogP contribution < -0.4 is 16.0 Å². The number of hydrogen-bond acceptors (Lipinski definition) is 4. The maximum Gasteiger partial charge on any atom is 0.270 e. The van der Waals surface area contributed by atoms with Gasteiger partial charge >= 0.3 is 0 Å². The van der Waals surface area contributed by atoms with Gasteiger partial charge in [-0.15, -0.1) is 0 Å². The largest absolute Gasteiger partial charge is 0.339 e. The molecular formula is C17H15Cl3N4O3S. The molecule has 7 nitrogen and oxygen atoms in total. The summed E-state index contributed by atoms with van der Waals surface area (Å²) in [7, 11) is 0. The Bertz CT molecular complexity index is 888. The van der Waals surface area contributed by atoms with Gasteiger partial charge in [-0.05, 0) is 37.3 Å². The van der Waals surface area contributed by atoms with Crippen molar-refractivity contribution >= 4 is 69.4 Å². The molecule has 0 radical (unpaired) electrons. The van der Waals surface area contributed by atoms with Gasteiger partial charge in [-0.25, -0.2) is 0 Å². The van der Waals surface area contributed by atoms with Crippen molar-refractivity contribution in [2.24, 2.45) is 0 Å². The van der Waals surface area contributed by atoms with Gasteiger partial charge in [-0.2, -0.15) is 0 Å². The number of nitro benzene ring substituents is 1. The first-order valence-electron chi connectivity index (χ1n) is 7.82. The second-order valence-corrected chi connectivity index (χ2v) is 8.50. The zero-order valence-electron chi connectivity index (χ0n) is 14.4. The topological polar surface area (TPSA) is 96.3 Å². The fraction of sp³-hybridized carbons (Fsp3) is 0.176. The van der Waals surface area contributed by atoms with E-state index in [9.17, 15) is 14.9 Å². The van der Waals surface area contributed by atoms with Crippen molar-refractivity contribution in [1.82, 2.24) is 10.6 Å². The molecule has 3 N–H and O–H groups in total. The van der Waals surface area contributed by atoms with Crippen LogP contribution in [0.5, 0.6) is 0 Å². The number of amides is 1. The lowest BCUT2D eigenvalue weighted by Crippen LogP contribution is -2.56. The summed E-state index contributed by atoms with van der Waals surface area (Å²) in [4.78, 5) is 22.7. The van der Waals surface area contributed by atoms with Crippen LogP contribution in [-0.4, -0.2) is 25.9 Å². The number of nitro groups is 1. The number of alkyl halides is 3. The van der Waals surface area contributed by atoms with Gasteiger partial charge in [0.1, 0.15) is 6.17 Å². The fourth-order valence-electron chi connectivity index (χ4n) is 2.11. The SMILES string of the molecule is Cc1ccc(NC(=S)N[C@H](NC(=O)c2cccc([N+](=O)[O-])c2)C(Cl)(Cl)Cl)cc1. The van der Waals surface area contributed by atoms with E-state index in [-0.39, 0.29) is 16.4 Å². The lowest BCUT2D eigenvalue weighted by molar-refractivity contribution is -0.384. The molecule has 11 heteroatoms. The second-order valence-electron chi connectivity index (χ2n) is 5.72. The molecule has 0 fully saturated rings. The predicted molar refractivity (Wildman–Crippen MR) is 115 cm³/mol. The van der Waals surface area contributed by atoms with Crippen LogP contribution in [0.2, 0.25) is 0 Å². The van der Waals surface area contributed by atoms with Crippen LogP contribution in [0.3, 0.4) is 0 Å². The van der Waals surface area contributed by atoms with Gasteiger partial charge < -0.3 is 16.0 Å². The predicted octanol–water partition coefficient (Wildman–Crippen LogP) is 4.32. The molecule has 2 rings (SSSR count). The Hall–Kier alpha value is -2.13. The van der Waals surface area contributed by atoms with Gasteiger partial charge in [0.05, 0.1) is 4.92 Å². The minimum atomic E-state index is -1.95. The van der Waals surface area contributed by atoms with Crippen LogP contribution in [0.4, 0.5) is 11.4 Å². The zero-order valence-corrected chi connectivity index (χ0v) is 17.5. The monoisotopic (exact) mass is 460 g/mol. The average Bonchev–Trinajstić information content (AvgIpc) is 2.62. The van der Waals surface area contributed by atoms with Crippen LogP contribution in [-0.2, 0) is 0 Å². The number of anilines is 1. The number of aryl methyl sites for hydroxylation is 1. The number of hydrogen-bond donors (Lipinski definition) is 3. The Kier molecular flexibility index (Phi) is 7.42. The first kappa shape index (κ1) is 22.2. The molecule has 28 heavy (non-hydrogen) atoms. The van der Waals surface area contributed by atoms with E-state index in [4.69, 9.17) is 47.0 Å². The maximum atomic E-state index is 12.4. The molecule has 2 aromatic rings. The van der Waals surface area contributed by atoms with Crippen molar-refractivity contribution < 1.29 is 9.72 Å². The summed E-state index contributed by atoms with van der Waals surface area (Å²) in [6, 6.07) is 12.6.